The van der Waals surface area contributed by atoms with Crippen LogP contribution in [0, 0.1) is 11.9 Å². The van der Waals surface area contributed by atoms with E-state index in [1.54, 1.807) is 6.07 Å². The first-order valence-corrected chi connectivity index (χ1v) is 5.97. The summed E-state index contributed by atoms with van der Waals surface area (Å²) >= 11 is 0. The second-order valence-electron chi connectivity index (χ2n) is 3.99. The van der Waals surface area contributed by atoms with Gasteiger partial charge in [0.25, 0.3) is 0 Å². The van der Waals surface area contributed by atoms with E-state index in [2.05, 4.69) is 19.9 Å². The summed E-state index contributed by atoms with van der Waals surface area (Å²) in [5.41, 5.74) is 1.98. The van der Waals surface area contributed by atoms with Gasteiger partial charge in [0.1, 0.15) is 5.82 Å². The van der Waals surface area contributed by atoms with E-state index in [0.717, 1.165) is 49.7 Å². The Kier molecular flexibility index (Phi) is 5.38. The molecule has 83 valence electrons. The van der Waals surface area contributed by atoms with E-state index < -0.39 is 0 Å². The first-order valence-electron chi connectivity index (χ1n) is 5.97. The smallest absolute Gasteiger partial charge is 0.126 e. The van der Waals surface area contributed by atoms with Crippen molar-refractivity contribution in [1.29, 1.82) is 0 Å². The molecule has 0 amide bonds. The lowest BCUT2D eigenvalue weighted by atomic mass is 9.97. The zero-order chi connectivity index (χ0) is 11.1. The monoisotopic (exact) mass is 207 g/mol. The van der Waals surface area contributed by atoms with E-state index in [1.165, 1.54) is 6.07 Å². The Bertz CT molecular complexity index is 291. The Morgan fingerprint density at radius 2 is 1.80 bits per heavy atom. The molecule has 0 N–H and O–H groups in total. The van der Waals surface area contributed by atoms with E-state index in [0.29, 0.717) is 0 Å². The van der Waals surface area contributed by atoms with E-state index in [1.807, 2.05) is 0 Å². The van der Waals surface area contributed by atoms with Gasteiger partial charge in [-0.3, -0.25) is 0 Å². The van der Waals surface area contributed by atoms with Gasteiger partial charge in [-0.2, -0.15) is 0 Å². The standard InChI is InChI=1S/C14H20F/c1-3-5-8-12-9-7-11-14(15)13(12)10-6-4-2/h7,11H,3-6,8,10H2,1-2H3. The molecule has 0 fully saturated rings. The molecule has 0 aliphatic heterocycles. The molecule has 0 aliphatic carbocycles. The van der Waals surface area contributed by atoms with Gasteiger partial charge in [-0.25, -0.2) is 4.39 Å². The van der Waals surface area contributed by atoms with Gasteiger partial charge in [-0.05, 0) is 48.9 Å². The maximum absolute atomic E-state index is 13.6. The molecule has 1 heteroatoms. The topological polar surface area (TPSA) is 0 Å². The maximum Gasteiger partial charge on any atom is 0.126 e. The molecule has 0 atom stereocenters. The van der Waals surface area contributed by atoms with Crippen molar-refractivity contribution in [2.75, 3.05) is 0 Å². The van der Waals surface area contributed by atoms with Crippen LogP contribution in [0.15, 0.2) is 12.1 Å². The molecule has 1 radical (unpaired) electrons. The van der Waals surface area contributed by atoms with Gasteiger partial charge in [0.2, 0.25) is 0 Å². The lowest BCUT2D eigenvalue weighted by Crippen LogP contribution is -1.99. The van der Waals surface area contributed by atoms with Gasteiger partial charge >= 0.3 is 0 Å². The highest BCUT2D eigenvalue weighted by Crippen LogP contribution is 2.18. The van der Waals surface area contributed by atoms with Crippen molar-refractivity contribution in [3.8, 4) is 0 Å². The summed E-state index contributed by atoms with van der Waals surface area (Å²) in [6.45, 7) is 4.29. The van der Waals surface area contributed by atoms with Gasteiger partial charge in [0, 0.05) is 0 Å². The fourth-order valence-electron chi connectivity index (χ4n) is 1.75. The van der Waals surface area contributed by atoms with Gasteiger partial charge < -0.3 is 0 Å². The van der Waals surface area contributed by atoms with E-state index in [-0.39, 0.29) is 5.82 Å². The molecule has 15 heavy (non-hydrogen) atoms. The van der Waals surface area contributed by atoms with E-state index in [4.69, 9.17) is 0 Å². The summed E-state index contributed by atoms with van der Waals surface area (Å²) < 4.78 is 13.6. The van der Waals surface area contributed by atoms with Crippen molar-refractivity contribution in [3.05, 3.63) is 35.1 Å². The predicted molar refractivity (Wildman–Crippen MR) is 62.5 cm³/mol. The molecule has 1 rings (SSSR count). The van der Waals surface area contributed by atoms with Gasteiger partial charge in [-0.1, -0.05) is 32.8 Å². The zero-order valence-corrected chi connectivity index (χ0v) is 9.78. The molecule has 0 nitrogen and oxygen atoms in total. The first kappa shape index (κ1) is 12.2. The normalized spacial score (nSPS) is 10.6. The van der Waals surface area contributed by atoms with Crippen molar-refractivity contribution in [2.24, 2.45) is 0 Å². The minimum Gasteiger partial charge on any atom is -0.207 e. The second kappa shape index (κ2) is 6.60. The van der Waals surface area contributed by atoms with Crippen LogP contribution in [0.1, 0.15) is 50.7 Å². The highest BCUT2D eigenvalue weighted by molar-refractivity contribution is 5.28. The quantitative estimate of drug-likeness (QED) is 0.652. The van der Waals surface area contributed by atoms with Crippen molar-refractivity contribution >= 4 is 0 Å². The van der Waals surface area contributed by atoms with Gasteiger partial charge in [-0.15, -0.1) is 0 Å². The SMILES string of the molecule is CCCCc1[c]ccc(F)c1CCCC. The molecule has 0 heterocycles. The van der Waals surface area contributed by atoms with Crippen molar-refractivity contribution < 1.29 is 4.39 Å². The molecule has 1 aromatic carbocycles. The lowest BCUT2D eigenvalue weighted by Gasteiger charge is -2.09. The molecular weight excluding hydrogens is 187 g/mol. The Morgan fingerprint density at radius 1 is 1.13 bits per heavy atom. The molecular formula is C14H20F. The minimum absolute atomic E-state index is 0.0479. The number of rotatable bonds is 6. The van der Waals surface area contributed by atoms with Crippen LogP contribution in [-0.2, 0) is 12.8 Å². The fraction of sp³-hybridized carbons (Fsp3) is 0.571. The van der Waals surface area contributed by atoms with Crippen LogP contribution in [0.2, 0.25) is 0 Å². The predicted octanol–water partition coefficient (Wildman–Crippen LogP) is 4.31. The largest absolute Gasteiger partial charge is 0.207 e. The zero-order valence-electron chi connectivity index (χ0n) is 9.78. The van der Waals surface area contributed by atoms with Crippen LogP contribution in [0.5, 0.6) is 0 Å². The third-order valence-corrected chi connectivity index (χ3v) is 2.70. The second-order valence-corrected chi connectivity index (χ2v) is 3.99. The van der Waals surface area contributed by atoms with Gasteiger partial charge in [0.05, 0.1) is 0 Å². The third-order valence-electron chi connectivity index (χ3n) is 2.70. The molecule has 0 saturated heterocycles. The van der Waals surface area contributed by atoms with Crippen LogP contribution < -0.4 is 0 Å². The van der Waals surface area contributed by atoms with Crippen LogP contribution in [0.3, 0.4) is 0 Å². The molecule has 1 aromatic rings. The summed E-state index contributed by atoms with van der Waals surface area (Å²) in [6.07, 6.45) is 6.28. The Labute approximate surface area is 92.5 Å². The summed E-state index contributed by atoms with van der Waals surface area (Å²) in [6, 6.07) is 6.41. The molecule has 0 bridgehead atoms. The molecule has 0 spiro atoms. The number of benzene rings is 1. The summed E-state index contributed by atoms with van der Waals surface area (Å²) in [7, 11) is 0. The average molecular weight is 207 g/mol. The lowest BCUT2D eigenvalue weighted by molar-refractivity contribution is 0.596. The number of hydrogen-bond acceptors (Lipinski definition) is 0. The van der Waals surface area contributed by atoms with Crippen LogP contribution in [0.4, 0.5) is 4.39 Å². The number of hydrogen-bond donors (Lipinski definition) is 0. The third kappa shape index (κ3) is 3.65. The number of halogens is 1. The minimum atomic E-state index is -0.0479. The summed E-state index contributed by atoms with van der Waals surface area (Å²) in [5.74, 6) is -0.0479. The Hall–Kier alpha value is -0.850. The fourth-order valence-corrected chi connectivity index (χ4v) is 1.75. The summed E-state index contributed by atoms with van der Waals surface area (Å²) in [4.78, 5) is 0. The number of aryl methyl sites for hydroxylation is 1. The molecule has 0 aliphatic rings. The average Bonchev–Trinajstić information content (AvgIpc) is 2.25. The van der Waals surface area contributed by atoms with E-state index in [9.17, 15) is 4.39 Å². The Balaban J connectivity index is 2.77. The molecule has 0 saturated carbocycles. The Morgan fingerprint density at radius 3 is 2.47 bits per heavy atom. The molecule has 0 unspecified atom stereocenters. The first-order chi connectivity index (χ1) is 7.29. The molecule has 0 aromatic heterocycles. The van der Waals surface area contributed by atoms with Crippen molar-refractivity contribution in [3.63, 3.8) is 0 Å². The van der Waals surface area contributed by atoms with Crippen molar-refractivity contribution in [2.45, 2.75) is 52.4 Å². The highest BCUT2D eigenvalue weighted by atomic mass is 19.1. The van der Waals surface area contributed by atoms with Crippen LogP contribution in [0.25, 0.3) is 0 Å². The van der Waals surface area contributed by atoms with Crippen LogP contribution >= 0.6 is 0 Å². The van der Waals surface area contributed by atoms with E-state index >= 15 is 0 Å². The van der Waals surface area contributed by atoms with Crippen molar-refractivity contribution in [1.82, 2.24) is 0 Å². The maximum atomic E-state index is 13.6. The summed E-state index contributed by atoms with van der Waals surface area (Å²) in [5, 5.41) is 0. The number of unbranched alkanes of at least 4 members (excludes halogenated alkanes) is 2. The van der Waals surface area contributed by atoms with Gasteiger partial charge in [0.15, 0.2) is 0 Å². The van der Waals surface area contributed by atoms with Crippen LogP contribution in [-0.4, -0.2) is 0 Å². The highest BCUT2D eigenvalue weighted by Gasteiger charge is 2.07.